The van der Waals surface area contributed by atoms with Gasteiger partial charge in [0.05, 0.1) is 6.42 Å². The molecule has 0 aliphatic rings. The first kappa shape index (κ1) is 22.2. The van der Waals surface area contributed by atoms with E-state index in [1.807, 2.05) is 69.3 Å². The maximum atomic E-state index is 13.1. The van der Waals surface area contributed by atoms with E-state index in [2.05, 4.69) is 21.2 Å². The molecule has 0 radical (unpaired) electrons. The molecule has 2 atom stereocenters. The Hall–Kier alpha value is -2.14. The van der Waals surface area contributed by atoms with E-state index in [1.165, 1.54) is 0 Å². The summed E-state index contributed by atoms with van der Waals surface area (Å²) in [6.07, 6.45) is 1.13. The number of carbonyl (C=O) groups excluding carboxylic acids is 2. The molecular formula is C23H29BrN2O2. The van der Waals surface area contributed by atoms with Gasteiger partial charge in [-0.05, 0) is 50.5 Å². The van der Waals surface area contributed by atoms with Crippen LogP contribution in [-0.4, -0.2) is 28.8 Å². The minimum atomic E-state index is -0.546. The van der Waals surface area contributed by atoms with Crippen molar-refractivity contribution in [3.05, 3.63) is 69.7 Å². The molecule has 0 saturated carbocycles. The summed E-state index contributed by atoms with van der Waals surface area (Å²) < 4.78 is 0.983. The predicted molar refractivity (Wildman–Crippen MR) is 117 cm³/mol. The quantitative estimate of drug-likeness (QED) is 0.644. The topological polar surface area (TPSA) is 49.4 Å². The monoisotopic (exact) mass is 444 g/mol. The highest BCUT2D eigenvalue weighted by Gasteiger charge is 2.26. The van der Waals surface area contributed by atoms with Crippen molar-refractivity contribution in [3.63, 3.8) is 0 Å². The molecule has 0 aliphatic carbocycles. The summed E-state index contributed by atoms with van der Waals surface area (Å²) >= 11 is 3.43. The molecule has 0 unspecified atom stereocenters. The Bertz CT molecular complexity index is 805. The van der Waals surface area contributed by atoms with Gasteiger partial charge in [0.2, 0.25) is 11.8 Å². The summed E-state index contributed by atoms with van der Waals surface area (Å²) in [6, 6.07) is 15.3. The number of carbonyl (C=O) groups is 2. The number of rotatable bonds is 8. The molecule has 28 heavy (non-hydrogen) atoms. The largest absolute Gasteiger partial charge is 0.352 e. The van der Waals surface area contributed by atoms with Crippen molar-refractivity contribution in [1.29, 1.82) is 0 Å². The molecule has 150 valence electrons. The second-order valence-corrected chi connectivity index (χ2v) is 8.22. The van der Waals surface area contributed by atoms with E-state index >= 15 is 0 Å². The van der Waals surface area contributed by atoms with Crippen molar-refractivity contribution in [2.45, 2.75) is 59.2 Å². The van der Waals surface area contributed by atoms with Crippen molar-refractivity contribution in [1.82, 2.24) is 10.2 Å². The fourth-order valence-electron chi connectivity index (χ4n) is 2.93. The summed E-state index contributed by atoms with van der Waals surface area (Å²) in [5.74, 6) is -0.177. The molecule has 4 nitrogen and oxygen atoms in total. The molecule has 1 N–H and O–H groups in total. The summed E-state index contributed by atoms with van der Waals surface area (Å²) in [6.45, 7) is 8.20. The van der Waals surface area contributed by atoms with Gasteiger partial charge in [-0.15, -0.1) is 0 Å². The highest BCUT2D eigenvalue weighted by atomic mass is 79.9. The van der Waals surface area contributed by atoms with Crippen LogP contribution in [0.1, 0.15) is 43.9 Å². The molecule has 0 saturated heterocycles. The van der Waals surface area contributed by atoms with Crippen LogP contribution < -0.4 is 5.32 Å². The van der Waals surface area contributed by atoms with Crippen LogP contribution in [0, 0.1) is 6.92 Å². The van der Waals surface area contributed by atoms with E-state index in [0.29, 0.717) is 6.54 Å². The number of nitrogens with one attached hydrogen (secondary N) is 1. The minimum Gasteiger partial charge on any atom is -0.352 e. The highest BCUT2D eigenvalue weighted by Crippen LogP contribution is 2.16. The predicted octanol–water partition coefficient (Wildman–Crippen LogP) is 4.63. The smallest absolute Gasteiger partial charge is 0.242 e. The van der Waals surface area contributed by atoms with Crippen molar-refractivity contribution in [2.24, 2.45) is 0 Å². The van der Waals surface area contributed by atoms with Crippen LogP contribution in [0.15, 0.2) is 53.0 Å². The van der Waals surface area contributed by atoms with Gasteiger partial charge >= 0.3 is 0 Å². The maximum absolute atomic E-state index is 13.1. The number of hydrogen-bond donors (Lipinski definition) is 1. The van der Waals surface area contributed by atoms with Gasteiger partial charge in [-0.25, -0.2) is 0 Å². The third kappa shape index (κ3) is 6.48. The van der Waals surface area contributed by atoms with Gasteiger partial charge < -0.3 is 10.2 Å². The lowest BCUT2D eigenvalue weighted by Gasteiger charge is -2.30. The number of aryl methyl sites for hydroxylation is 1. The average molecular weight is 445 g/mol. The summed E-state index contributed by atoms with van der Waals surface area (Å²) in [4.78, 5) is 27.5. The van der Waals surface area contributed by atoms with Gasteiger partial charge in [0.25, 0.3) is 0 Å². The zero-order valence-corrected chi connectivity index (χ0v) is 18.6. The van der Waals surface area contributed by atoms with E-state index < -0.39 is 6.04 Å². The average Bonchev–Trinajstić information content (AvgIpc) is 2.66. The van der Waals surface area contributed by atoms with Gasteiger partial charge in [0.1, 0.15) is 6.04 Å². The zero-order chi connectivity index (χ0) is 20.7. The molecule has 0 heterocycles. The molecule has 0 bridgehead atoms. The van der Waals surface area contributed by atoms with Crippen LogP contribution in [0.3, 0.4) is 0 Å². The number of hydrogen-bond acceptors (Lipinski definition) is 2. The third-order valence-electron chi connectivity index (χ3n) is 4.87. The second kappa shape index (κ2) is 10.4. The summed E-state index contributed by atoms with van der Waals surface area (Å²) in [5.41, 5.74) is 3.07. The van der Waals surface area contributed by atoms with Gasteiger partial charge in [0.15, 0.2) is 0 Å². The normalized spacial score (nSPS) is 12.9. The molecule has 2 aromatic carbocycles. The SMILES string of the molecule is CC[C@@H](C)NC(=O)[C@@H](C)N(Cc1ccc(Br)cc1)C(=O)Cc1cccc(C)c1. The summed E-state index contributed by atoms with van der Waals surface area (Å²) in [7, 11) is 0. The van der Waals surface area contributed by atoms with Crippen molar-refractivity contribution in [3.8, 4) is 0 Å². The van der Waals surface area contributed by atoms with Crippen molar-refractivity contribution < 1.29 is 9.59 Å². The molecular weight excluding hydrogens is 416 g/mol. The molecule has 0 fully saturated rings. The molecule has 5 heteroatoms. The van der Waals surface area contributed by atoms with Crippen LogP contribution in [0.5, 0.6) is 0 Å². The van der Waals surface area contributed by atoms with Gasteiger partial charge in [0, 0.05) is 17.1 Å². The van der Waals surface area contributed by atoms with E-state index in [0.717, 1.165) is 27.6 Å². The van der Waals surface area contributed by atoms with E-state index in [1.54, 1.807) is 11.8 Å². The van der Waals surface area contributed by atoms with E-state index in [-0.39, 0.29) is 24.3 Å². The standard InChI is InChI=1S/C23H29BrN2O2/c1-5-17(3)25-23(28)18(4)26(15-19-9-11-21(24)12-10-19)22(27)14-20-8-6-7-16(2)13-20/h6-13,17-18H,5,14-15H2,1-4H3,(H,25,28)/t17-,18-/m1/s1. The molecule has 2 rings (SSSR count). The lowest BCUT2D eigenvalue weighted by molar-refractivity contribution is -0.140. The minimum absolute atomic E-state index is 0.0553. The summed E-state index contributed by atoms with van der Waals surface area (Å²) in [5, 5.41) is 2.99. The molecule has 0 spiro atoms. The first-order chi connectivity index (χ1) is 13.3. The Morgan fingerprint density at radius 3 is 2.36 bits per heavy atom. The lowest BCUT2D eigenvalue weighted by atomic mass is 10.1. The van der Waals surface area contributed by atoms with Crippen molar-refractivity contribution >= 4 is 27.7 Å². The first-order valence-corrected chi connectivity index (χ1v) is 10.5. The second-order valence-electron chi connectivity index (χ2n) is 7.31. The number of amides is 2. The molecule has 0 aliphatic heterocycles. The zero-order valence-electron chi connectivity index (χ0n) is 17.0. The van der Waals surface area contributed by atoms with Gasteiger partial charge in [-0.1, -0.05) is 64.8 Å². The van der Waals surface area contributed by atoms with Crippen molar-refractivity contribution in [2.75, 3.05) is 0 Å². The number of benzene rings is 2. The van der Waals surface area contributed by atoms with Crippen LogP contribution in [-0.2, 0) is 22.6 Å². The third-order valence-corrected chi connectivity index (χ3v) is 5.40. The first-order valence-electron chi connectivity index (χ1n) is 9.70. The van der Waals surface area contributed by atoms with Crippen LogP contribution >= 0.6 is 15.9 Å². The maximum Gasteiger partial charge on any atom is 0.242 e. The number of nitrogens with zero attached hydrogens (tertiary/aromatic N) is 1. The lowest BCUT2D eigenvalue weighted by Crippen LogP contribution is -2.49. The molecule has 0 aromatic heterocycles. The van der Waals surface area contributed by atoms with Gasteiger partial charge in [-0.3, -0.25) is 9.59 Å². The Labute approximate surface area is 176 Å². The fourth-order valence-corrected chi connectivity index (χ4v) is 3.20. The Morgan fingerprint density at radius 2 is 1.75 bits per heavy atom. The van der Waals surface area contributed by atoms with E-state index in [9.17, 15) is 9.59 Å². The highest BCUT2D eigenvalue weighted by molar-refractivity contribution is 9.10. The Kier molecular flexibility index (Phi) is 8.24. The van der Waals surface area contributed by atoms with Crippen LogP contribution in [0.4, 0.5) is 0 Å². The Morgan fingerprint density at radius 1 is 1.07 bits per heavy atom. The van der Waals surface area contributed by atoms with E-state index in [4.69, 9.17) is 0 Å². The van der Waals surface area contributed by atoms with Crippen LogP contribution in [0.25, 0.3) is 0 Å². The molecule has 2 aromatic rings. The fraction of sp³-hybridized carbons (Fsp3) is 0.391. The van der Waals surface area contributed by atoms with Crippen LogP contribution in [0.2, 0.25) is 0 Å². The number of halogens is 1. The van der Waals surface area contributed by atoms with Gasteiger partial charge in [-0.2, -0.15) is 0 Å². The molecule has 2 amide bonds. The Balaban J connectivity index is 2.22.